The van der Waals surface area contributed by atoms with Gasteiger partial charge in [0.1, 0.15) is 23.0 Å². The highest BCUT2D eigenvalue weighted by molar-refractivity contribution is 6.74. The van der Waals surface area contributed by atoms with Gasteiger partial charge in [-0.2, -0.15) is 0 Å². The molecule has 0 bridgehead atoms. The molecule has 4 nitrogen and oxygen atoms in total. The van der Waals surface area contributed by atoms with Crippen LogP contribution in [0, 0.1) is 27.7 Å². The molecule has 0 amide bonds. The topological polar surface area (TPSA) is 36.9 Å². The molecule has 634 valence electrons. The van der Waals surface area contributed by atoms with Crippen LogP contribution in [0.2, 0.25) is 0 Å². The lowest BCUT2D eigenvalue weighted by Crippen LogP contribution is -2.50. The maximum atomic E-state index is 7.96. The zero-order valence-electron chi connectivity index (χ0n) is 74.2. The molecule has 0 unspecified atom stereocenters. The van der Waals surface area contributed by atoms with Crippen molar-refractivity contribution >= 4 is 33.3 Å². The Balaban J connectivity index is 0.799. The first-order chi connectivity index (χ1) is 62.8. The Hall–Kier alpha value is -13.2. The average molecular weight is 1730 g/mol. The van der Waals surface area contributed by atoms with Crippen LogP contribution in [-0.4, -0.2) is 33.3 Å². The first-order valence-electron chi connectivity index (χ1n) is 45.6. The van der Waals surface area contributed by atoms with Crippen molar-refractivity contribution in [3.05, 3.63) is 583 Å². The third-order valence-corrected chi connectivity index (χ3v) is 40.7. The van der Waals surface area contributed by atoms with Crippen LogP contribution in [-0.2, 0) is 72.5 Å². The summed E-state index contributed by atoms with van der Waals surface area (Å²) in [6.07, 6.45) is 0. The zero-order valence-corrected chi connectivity index (χ0v) is 78.2. The Kier molecular flexibility index (Phi) is 28.2. The molecule has 0 aromatic heterocycles. The van der Waals surface area contributed by atoms with E-state index >= 15 is 0 Å². The smallest absolute Gasteiger partial charge is 0.264 e. The van der Waals surface area contributed by atoms with E-state index in [9.17, 15) is 0 Å². The van der Waals surface area contributed by atoms with Crippen molar-refractivity contribution in [1.29, 1.82) is 0 Å². The normalized spacial score (nSPS) is 11.8. The Labute approximate surface area is 763 Å². The highest BCUT2D eigenvalue weighted by Gasteiger charge is 2.44. The first kappa shape index (κ1) is 86.9. The van der Waals surface area contributed by atoms with Gasteiger partial charge in [0.25, 0.3) is 33.3 Å². The molecule has 0 aliphatic carbocycles. The number of hydrogen-bond donors (Lipinski definition) is 0. The summed E-state index contributed by atoms with van der Waals surface area (Å²) in [4.78, 5) is 0. The molecule has 17 rings (SSSR count). The van der Waals surface area contributed by atoms with Crippen molar-refractivity contribution in [2.45, 2.75) is 112 Å². The van der Waals surface area contributed by atoms with Crippen molar-refractivity contribution in [3.63, 3.8) is 0 Å². The van der Waals surface area contributed by atoms with Gasteiger partial charge in [0.15, 0.2) is 0 Å². The molecule has 128 heavy (non-hydrogen) atoms. The molecule has 0 fully saturated rings. The van der Waals surface area contributed by atoms with Crippen LogP contribution >= 0.6 is 0 Å². The minimum atomic E-state index is -2.79. The van der Waals surface area contributed by atoms with E-state index in [2.05, 4.69) is 489 Å². The van der Waals surface area contributed by atoms with Crippen LogP contribution in [0.1, 0.15) is 134 Å². The van der Waals surface area contributed by atoms with E-state index in [1.807, 2.05) is 0 Å². The molecule has 17 aromatic rings. The van der Waals surface area contributed by atoms with Gasteiger partial charge >= 0.3 is 0 Å². The lowest BCUT2D eigenvalue weighted by molar-refractivity contribution is 0.519. The van der Waals surface area contributed by atoms with Gasteiger partial charge in [0.05, 0.1) is 0 Å². The minimum Gasteiger partial charge on any atom is -0.542 e. The van der Waals surface area contributed by atoms with Gasteiger partial charge in [-0.25, -0.2) is 0 Å². The summed E-state index contributed by atoms with van der Waals surface area (Å²) in [6, 6.07) is 181. The molecule has 0 spiro atoms. The van der Waals surface area contributed by atoms with E-state index in [0.29, 0.717) is 0 Å². The molecule has 0 saturated carbocycles. The summed E-state index contributed by atoms with van der Waals surface area (Å²) in [6.45, 7) is 9.06. The van der Waals surface area contributed by atoms with Crippen molar-refractivity contribution in [1.82, 2.24) is 0 Å². The maximum absolute atomic E-state index is 7.96. The molecular weight excluding hydrogens is 1620 g/mol. The van der Waals surface area contributed by atoms with Gasteiger partial charge in [0.2, 0.25) is 0 Å². The summed E-state index contributed by atoms with van der Waals surface area (Å²) in [5.74, 6) is 3.34. The molecule has 0 saturated heterocycles. The standard InChI is InChI=1S/C120H114O4Si4/c1-93-77-111(69-73-115(93)121-125(81-97-41-17-5-18-42-97,82-98-43-19-6-20-44-98)83-99-45-21-7-22-46-99)119(112-70-74-116(94(2)78-112)122-126(84-100-47-23-8-24-48-100,85-101-49-25-9-26-50-101)86-102-51-27-10-28-52-102)109-65-67-110(68-66-109)120(113-71-75-117(95(3)79-113)123-127(87-103-53-29-11-30-54-103,88-104-55-31-12-32-56-104)89-105-57-33-13-34-58-105)114-72-76-118(96(4)80-114)124-128(90-106-59-35-14-36-60-106,91-107-61-37-15-38-62-107)92-108-63-39-16-40-64-108/h5-80,119-120H,81-92H2,1-4H3. The van der Waals surface area contributed by atoms with Gasteiger partial charge in [-0.05, 0) is 174 Å². The van der Waals surface area contributed by atoms with E-state index in [0.717, 1.165) is 118 Å². The summed E-state index contributed by atoms with van der Waals surface area (Å²) in [7, 11) is -11.2. The average Bonchev–Trinajstić information content (AvgIpc) is 0.771. The van der Waals surface area contributed by atoms with Gasteiger partial charge in [-0.1, -0.05) is 437 Å². The molecule has 0 aliphatic rings. The predicted octanol–water partition coefficient (Wildman–Crippen LogP) is 28.0. The van der Waals surface area contributed by atoms with Crippen LogP contribution < -0.4 is 17.7 Å². The highest BCUT2D eigenvalue weighted by atomic mass is 28.4. The molecule has 17 aromatic carbocycles. The van der Waals surface area contributed by atoms with Crippen molar-refractivity contribution < 1.29 is 17.7 Å². The summed E-state index contributed by atoms with van der Waals surface area (Å²) in [5.41, 5.74) is 27.1. The number of rotatable bonds is 38. The lowest BCUT2D eigenvalue weighted by atomic mass is 9.80. The number of aryl methyl sites for hydroxylation is 4. The predicted molar refractivity (Wildman–Crippen MR) is 540 cm³/mol. The molecule has 0 radical (unpaired) electrons. The van der Waals surface area contributed by atoms with E-state index in [4.69, 9.17) is 17.7 Å². The molecule has 0 heterocycles. The van der Waals surface area contributed by atoms with E-state index in [1.165, 1.54) is 100 Å². The second-order valence-corrected chi connectivity index (χ2v) is 50.2. The van der Waals surface area contributed by atoms with Crippen LogP contribution in [0.3, 0.4) is 0 Å². The quantitative estimate of drug-likeness (QED) is 0.0285. The molecule has 8 heteroatoms. The maximum Gasteiger partial charge on any atom is 0.264 e. The highest BCUT2D eigenvalue weighted by Crippen LogP contribution is 2.44. The number of hydrogen-bond acceptors (Lipinski definition) is 4. The third-order valence-electron chi connectivity index (χ3n) is 25.5. The number of benzene rings is 17. The van der Waals surface area contributed by atoms with Gasteiger partial charge < -0.3 is 17.7 Å². The van der Waals surface area contributed by atoms with E-state index in [1.54, 1.807) is 0 Å². The SMILES string of the molecule is Cc1cc(C(c2ccc(C(c3ccc(O[Si](Cc4ccccc4)(Cc4ccccc4)Cc4ccccc4)c(C)c3)c3ccc(O[Si](Cc4ccccc4)(Cc4ccccc4)Cc4ccccc4)c(C)c3)cc2)c2ccc(O[Si](Cc3ccccc3)(Cc3ccccc3)Cc3ccccc3)c(C)c2)ccc1O[Si](Cc1ccccc1)(Cc1ccccc1)Cc1ccccc1. The van der Waals surface area contributed by atoms with Crippen LogP contribution in [0.25, 0.3) is 0 Å². The molecule has 0 atom stereocenters. The van der Waals surface area contributed by atoms with Crippen LogP contribution in [0.5, 0.6) is 23.0 Å². The molecule has 0 aliphatic heterocycles. The van der Waals surface area contributed by atoms with Gasteiger partial charge in [-0.15, -0.1) is 0 Å². The fourth-order valence-electron chi connectivity index (χ4n) is 19.6. The van der Waals surface area contributed by atoms with Gasteiger partial charge in [-0.3, -0.25) is 0 Å². The Morgan fingerprint density at radius 3 is 0.383 bits per heavy atom. The minimum absolute atomic E-state index is 0.195. The van der Waals surface area contributed by atoms with E-state index < -0.39 is 33.3 Å². The lowest BCUT2D eigenvalue weighted by Gasteiger charge is -2.34. The van der Waals surface area contributed by atoms with Crippen LogP contribution in [0.4, 0.5) is 0 Å². The summed E-state index contributed by atoms with van der Waals surface area (Å²) >= 11 is 0. The fraction of sp³-hybridized carbons (Fsp3) is 0.150. The molecular formula is C120H114O4Si4. The van der Waals surface area contributed by atoms with Crippen LogP contribution in [0.15, 0.2) is 461 Å². The van der Waals surface area contributed by atoms with Crippen molar-refractivity contribution in [2.24, 2.45) is 0 Å². The fourth-order valence-corrected chi connectivity index (χ4v) is 36.5. The summed E-state index contributed by atoms with van der Waals surface area (Å²) < 4.78 is 31.9. The third kappa shape index (κ3) is 22.8. The monoisotopic (exact) mass is 1730 g/mol. The Bertz CT molecular complexity index is 5180. The zero-order chi connectivity index (χ0) is 87.2. The first-order valence-corrected chi connectivity index (χ1v) is 55.7. The van der Waals surface area contributed by atoms with Crippen molar-refractivity contribution in [2.75, 3.05) is 0 Å². The summed E-state index contributed by atoms with van der Waals surface area (Å²) in [5, 5.41) is 0. The second kappa shape index (κ2) is 41.5. The Morgan fingerprint density at radius 1 is 0.148 bits per heavy atom. The van der Waals surface area contributed by atoms with E-state index in [-0.39, 0.29) is 11.8 Å². The second-order valence-electron chi connectivity index (χ2n) is 35.7. The van der Waals surface area contributed by atoms with Gasteiger partial charge in [0, 0.05) is 84.4 Å². The van der Waals surface area contributed by atoms with Crippen molar-refractivity contribution in [3.8, 4) is 23.0 Å². The molecule has 0 N–H and O–H groups in total. The Morgan fingerprint density at radius 2 is 0.266 bits per heavy atom. The largest absolute Gasteiger partial charge is 0.542 e.